The van der Waals surface area contributed by atoms with Crippen molar-refractivity contribution >= 4 is 0 Å². The molecule has 19 heavy (non-hydrogen) atoms. The van der Waals surface area contributed by atoms with E-state index in [0.29, 0.717) is 6.10 Å². The Balaban J connectivity index is 1.80. The lowest BCUT2D eigenvalue weighted by molar-refractivity contribution is 0.102. The molecule has 0 fully saturated rings. The van der Waals surface area contributed by atoms with Crippen molar-refractivity contribution in [3.05, 3.63) is 24.3 Å². The lowest BCUT2D eigenvalue weighted by Gasteiger charge is -2.14. The van der Waals surface area contributed by atoms with Gasteiger partial charge >= 0.3 is 0 Å². The van der Waals surface area contributed by atoms with Gasteiger partial charge in [-0.1, -0.05) is 82.6 Å². The lowest BCUT2D eigenvalue weighted by atomic mass is 10.1. The minimum absolute atomic E-state index is 0.337. The van der Waals surface area contributed by atoms with Crippen molar-refractivity contribution in [1.82, 2.24) is 0 Å². The summed E-state index contributed by atoms with van der Waals surface area (Å²) in [6, 6.07) is 0. The standard InChI is InChI=1S/C18H32O/c1-2-3-4-5-6-7-8-9-10-11-12-15-18-16-13-14-17-19-18/h12-15,18H,2-11,16-17H2,1H3/b15-12+. The van der Waals surface area contributed by atoms with Crippen LogP contribution in [0.4, 0.5) is 0 Å². The molecular weight excluding hydrogens is 232 g/mol. The van der Waals surface area contributed by atoms with Crippen LogP contribution in [0.1, 0.15) is 77.6 Å². The van der Waals surface area contributed by atoms with Crippen LogP contribution in [0.15, 0.2) is 24.3 Å². The molecule has 0 radical (unpaired) electrons. The summed E-state index contributed by atoms with van der Waals surface area (Å²) >= 11 is 0. The molecule has 110 valence electrons. The van der Waals surface area contributed by atoms with E-state index in [0.717, 1.165) is 13.0 Å². The molecule has 1 aliphatic rings. The van der Waals surface area contributed by atoms with Crippen molar-refractivity contribution in [3.63, 3.8) is 0 Å². The Bertz CT molecular complexity index is 242. The topological polar surface area (TPSA) is 9.23 Å². The summed E-state index contributed by atoms with van der Waals surface area (Å²) in [6.45, 7) is 3.06. The van der Waals surface area contributed by atoms with Crippen molar-refractivity contribution in [2.24, 2.45) is 0 Å². The molecule has 0 aromatic rings. The Kier molecular flexibility index (Phi) is 10.8. The van der Waals surface area contributed by atoms with E-state index < -0.39 is 0 Å². The summed E-state index contributed by atoms with van der Waals surface area (Å²) in [7, 11) is 0. The summed E-state index contributed by atoms with van der Waals surface area (Å²) in [5.74, 6) is 0. The average molecular weight is 264 g/mol. The van der Waals surface area contributed by atoms with Gasteiger partial charge in [-0.25, -0.2) is 0 Å². The molecule has 0 amide bonds. The van der Waals surface area contributed by atoms with Gasteiger partial charge in [0.05, 0.1) is 12.7 Å². The first-order valence-electron chi connectivity index (χ1n) is 8.36. The molecule has 1 atom stereocenters. The van der Waals surface area contributed by atoms with Crippen LogP contribution in [0.3, 0.4) is 0 Å². The van der Waals surface area contributed by atoms with Gasteiger partial charge in [0.15, 0.2) is 0 Å². The maximum Gasteiger partial charge on any atom is 0.0794 e. The number of allylic oxidation sites excluding steroid dienone is 1. The van der Waals surface area contributed by atoms with E-state index in [1.807, 2.05) is 0 Å². The summed E-state index contributed by atoms with van der Waals surface area (Å²) in [6.07, 6.45) is 24.2. The SMILES string of the molecule is CCCCCCCCCCC/C=C/C1CC=CCO1. The first-order chi connectivity index (χ1) is 9.43. The first-order valence-corrected chi connectivity index (χ1v) is 8.36. The Hall–Kier alpha value is -0.560. The number of ether oxygens (including phenoxy) is 1. The van der Waals surface area contributed by atoms with Gasteiger partial charge in [-0.05, 0) is 19.3 Å². The average Bonchev–Trinajstić information content (AvgIpc) is 2.46. The smallest absolute Gasteiger partial charge is 0.0794 e. The van der Waals surface area contributed by atoms with Crippen molar-refractivity contribution in [2.45, 2.75) is 83.7 Å². The minimum Gasteiger partial charge on any atom is -0.370 e. The predicted octanol–water partition coefficient (Wildman–Crippen LogP) is 5.81. The van der Waals surface area contributed by atoms with Gasteiger partial charge in [-0.2, -0.15) is 0 Å². The zero-order valence-corrected chi connectivity index (χ0v) is 12.8. The van der Waals surface area contributed by atoms with Crippen LogP contribution < -0.4 is 0 Å². The number of hydrogen-bond donors (Lipinski definition) is 0. The molecule has 0 spiro atoms. The molecule has 0 saturated heterocycles. The highest BCUT2D eigenvalue weighted by atomic mass is 16.5. The van der Waals surface area contributed by atoms with E-state index in [4.69, 9.17) is 4.74 Å². The van der Waals surface area contributed by atoms with Crippen LogP contribution in [0.2, 0.25) is 0 Å². The van der Waals surface area contributed by atoms with Crippen molar-refractivity contribution in [3.8, 4) is 0 Å². The van der Waals surface area contributed by atoms with Crippen LogP contribution in [-0.4, -0.2) is 12.7 Å². The molecular formula is C18H32O. The molecule has 1 unspecified atom stereocenters. The monoisotopic (exact) mass is 264 g/mol. The molecule has 0 bridgehead atoms. The van der Waals surface area contributed by atoms with Crippen LogP contribution in [-0.2, 0) is 4.74 Å². The third-order valence-corrected chi connectivity index (χ3v) is 3.77. The molecule has 0 saturated carbocycles. The van der Waals surface area contributed by atoms with E-state index in [1.165, 1.54) is 64.2 Å². The quantitative estimate of drug-likeness (QED) is 0.338. The third kappa shape index (κ3) is 9.95. The summed E-state index contributed by atoms with van der Waals surface area (Å²) in [5, 5.41) is 0. The number of rotatable bonds is 11. The lowest BCUT2D eigenvalue weighted by Crippen LogP contribution is -2.12. The fourth-order valence-corrected chi connectivity index (χ4v) is 2.50. The molecule has 1 aliphatic heterocycles. The fourth-order valence-electron chi connectivity index (χ4n) is 2.50. The van der Waals surface area contributed by atoms with Gasteiger partial charge < -0.3 is 4.74 Å². The number of unbranched alkanes of at least 4 members (excludes halogenated alkanes) is 9. The van der Waals surface area contributed by atoms with Crippen molar-refractivity contribution < 1.29 is 4.74 Å². The molecule has 1 rings (SSSR count). The Labute approximate surface area is 120 Å². The maximum absolute atomic E-state index is 5.60. The van der Waals surface area contributed by atoms with E-state index in [-0.39, 0.29) is 0 Å². The van der Waals surface area contributed by atoms with Gasteiger partial charge in [0.2, 0.25) is 0 Å². The van der Waals surface area contributed by atoms with Gasteiger partial charge in [0, 0.05) is 0 Å². The van der Waals surface area contributed by atoms with Crippen LogP contribution in [0, 0.1) is 0 Å². The summed E-state index contributed by atoms with van der Waals surface area (Å²) in [4.78, 5) is 0. The fraction of sp³-hybridized carbons (Fsp3) is 0.778. The Morgan fingerprint density at radius 3 is 2.26 bits per heavy atom. The third-order valence-electron chi connectivity index (χ3n) is 3.77. The molecule has 1 nitrogen and oxygen atoms in total. The van der Waals surface area contributed by atoms with Gasteiger partial charge in [-0.15, -0.1) is 0 Å². The van der Waals surface area contributed by atoms with Gasteiger partial charge in [0.25, 0.3) is 0 Å². The van der Waals surface area contributed by atoms with Gasteiger partial charge in [0.1, 0.15) is 0 Å². The normalized spacial score (nSPS) is 19.3. The highest BCUT2D eigenvalue weighted by Gasteiger charge is 2.04. The highest BCUT2D eigenvalue weighted by Crippen LogP contribution is 2.12. The highest BCUT2D eigenvalue weighted by molar-refractivity contribution is 4.98. The molecule has 1 heteroatoms. The Morgan fingerprint density at radius 2 is 1.63 bits per heavy atom. The second-order valence-electron chi connectivity index (χ2n) is 5.62. The first kappa shape index (κ1) is 16.5. The molecule has 1 heterocycles. The molecule has 0 aliphatic carbocycles. The maximum atomic E-state index is 5.60. The van der Waals surface area contributed by atoms with E-state index >= 15 is 0 Å². The molecule has 0 aromatic heterocycles. The number of hydrogen-bond acceptors (Lipinski definition) is 1. The molecule has 0 aromatic carbocycles. The zero-order valence-electron chi connectivity index (χ0n) is 12.8. The van der Waals surface area contributed by atoms with Crippen LogP contribution >= 0.6 is 0 Å². The zero-order chi connectivity index (χ0) is 13.6. The second kappa shape index (κ2) is 12.5. The minimum atomic E-state index is 0.337. The van der Waals surface area contributed by atoms with Gasteiger partial charge in [-0.3, -0.25) is 0 Å². The van der Waals surface area contributed by atoms with Crippen molar-refractivity contribution in [2.75, 3.05) is 6.61 Å². The Morgan fingerprint density at radius 1 is 0.947 bits per heavy atom. The van der Waals surface area contributed by atoms with Crippen molar-refractivity contribution in [1.29, 1.82) is 0 Å². The van der Waals surface area contributed by atoms with Crippen LogP contribution in [0.5, 0.6) is 0 Å². The summed E-state index contributed by atoms with van der Waals surface area (Å²) < 4.78 is 5.60. The van der Waals surface area contributed by atoms with Crippen LogP contribution in [0.25, 0.3) is 0 Å². The predicted molar refractivity (Wildman–Crippen MR) is 84.5 cm³/mol. The largest absolute Gasteiger partial charge is 0.370 e. The van der Waals surface area contributed by atoms with E-state index in [1.54, 1.807) is 0 Å². The van der Waals surface area contributed by atoms with E-state index in [9.17, 15) is 0 Å². The van der Waals surface area contributed by atoms with E-state index in [2.05, 4.69) is 31.2 Å². The second-order valence-corrected chi connectivity index (χ2v) is 5.62. The summed E-state index contributed by atoms with van der Waals surface area (Å²) in [5.41, 5.74) is 0. The molecule has 0 N–H and O–H groups in total.